The summed E-state index contributed by atoms with van der Waals surface area (Å²) in [7, 11) is 0. The number of benzene rings is 1. The van der Waals surface area contributed by atoms with Crippen LogP contribution in [-0.4, -0.2) is 28.8 Å². The third-order valence-corrected chi connectivity index (χ3v) is 4.87. The minimum Gasteiger partial charge on any atom is -0.480 e. The Morgan fingerprint density at radius 1 is 1.14 bits per heavy atom. The zero-order chi connectivity index (χ0) is 15.3. The Labute approximate surface area is 129 Å². The second-order valence-corrected chi connectivity index (χ2v) is 6.30. The highest BCUT2D eigenvalue weighted by Gasteiger charge is 2.40. The predicted molar refractivity (Wildman–Crippen MR) is 83.8 cm³/mol. The zero-order valence-corrected chi connectivity index (χ0v) is 13.0. The smallest absolute Gasteiger partial charge is 0.329 e. The molecule has 1 amide bonds. The second kappa shape index (κ2) is 6.98. The molecular formula is C16H21NO3S. The van der Waals surface area contributed by atoms with E-state index in [0.29, 0.717) is 18.4 Å². The fraction of sp³-hybridized carbons (Fsp3) is 0.500. The van der Waals surface area contributed by atoms with E-state index >= 15 is 0 Å². The number of carboxylic acids is 1. The van der Waals surface area contributed by atoms with Crippen molar-refractivity contribution in [2.45, 2.75) is 49.0 Å². The maximum atomic E-state index is 12.5. The molecule has 21 heavy (non-hydrogen) atoms. The van der Waals surface area contributed by atoms with Crippen LogP contribution in [-0.2, 0) is 4.79 Å². The first-order chi connectivity index (χ1) is 10.1. The van der Waals surface area contributed by atoms with Gasteiger partial charge in [-0.25, -0.2) is 4.79 Å². The first-order valence-corrected chi connectivity index (χ1v) is 8.50. The van der Waals surface area contributed by atoms with E-state index in [9.17, 15) is 14.7 Å². The SMILES string of the molecule is CSc1ccccc1C(=O)NC1(C(=O)O)CCCCCC1. The van der Waals surface area contributed by atoms with Gasteiger partial charge < -0.3 is 10.4 Å². The monoisotopic (exact) mass is 307 g/mol. The number of aliphatic carboxylic acids is 1. The summed E-state index contributed by atoms with van der Waals surface area (Å²) in [5.41, 5.74) is -0.561. The van der Waals surface area contributed by atoms with Gasteiger partial charge in [-0.3, -0.25) is 4.79 Å². The highest BCUT2D eigenvalue weighted by Crippen LogP contribution is 2.29. The number of carbonyl (C=O) groups excluding carboxylic acids is 1. The molecule has 0 saturated heterocycles. The van der Waals surface area contributed by atoms with Crippen LogP contribution >= 0.6 is 11.8 Å². The highest BCUT2D eigenvalue weighted by atomic mass is 32.2. The summed E-state index contributed by atoms with van der Waals surface area (Å²) in [6.45, 7) is 0. The van der Waals surface area contributed by atoms with Crippen LogP contribution in [0.25, 0.3) is 0 Å². The zero-order valence-electron chi connectivity index (χ0n) is 12.2. The first-order valence-electron chi connectivity index (χ1n) is 7.28. The Balaban J connectivity index is 2.24. The van der Waals surface area contributed by atoms with Crippen LogP contribution in [0.5, 0.6) is 0 Å². The van der Waals surface area contributed by atoms with Gasteiger partial charge in [0, 0.05) is 4.90 Å². The van der Waals surface area contributed by atoms with E-state index < -0.39 is 11.5 Å². The molecule has 0 unspecified atom stereocenters. The molecule has 0 aliphatic heterocycles. The fourth-order valence-electron chi connectivity index (χ4n) is 2.84. The average molecular weight is 307 g/mol. The largest absolute Gasteiger partial charge is 0.480 e. The number of carbonyl (C=O) groups is 2. The summed E-state index contributed by atoms with van der Waals surface area (Å²) < 4.78 is 0. The van der Waals surface area contributed by atoms with E-state index in [-0.39, 0.29) is 5.91 Å². The molecule has 0 aromatic heterocycles. The van der Waals surface area contributed by atoms with Crippen molar-refractivity contribution in [1.29, 1.82) is 0 Å². The Bertz CT molecular complexity index is 522. The Morgan fingerprint density at radius 2 is 1.76 bits per heavy atom. The van der Waals surface area contributed by atoms with Crippen LogP contribution in [0, 0.1) is 0 Å². The van der Waals surface area contributed by atoms with Crippen LogP contribution < -0.4 is 5.32 Å². The van der Waals surface area contributed by atoms with E-state index in [2.05, 4.69) is 5.32 Å². The molecule has 1 saturated carbocycles. The predicted octanol–water partition coefficient (Wildman–Crippen LogP) is 3.32. The molecule has 2 rings (SSSR count). The van der Waals surface area contributed by atoms with Crippen molar-refractivity contribution in [3.05, 3.63) is 29.8 Å². The normalized spacial score (nSPS) is 17.8. The standard InChI is InChI=1S/C16H21NO3S/c1-21-13-9-5-4-8-12(13)14(18)17-16(15(19)20)10-6-2-3-7-11-16/h4-5,8-9H,2-3,6-7,10-11H2,1H3,(H,17,18)(H,19,20). The summed E-state index contributed by atoms with van der Waals surface area (Å²) in [4.78, 5) is 25.1. The lowest BCUT2D eigenvalue weighted by molar-refractivity contribution is -0.145. The molecule has 2 N–H and O–H groups in total. The van der Waals surface area contributed by atoms with Crippen molar-refractivity contribution in [1.82, 2.24) is 5.32 Å². The lowest BCUT2D eigenvalue weighted by atomic mass is 9.90. The number of carboxylic acid groups (broad SMARTS) is 1. The van der Waals surface area contributed by atoms with Crippen LogP contribution in [0.1, 0.15) is 48.9 Å². The molecule has 0 atom stereocenters. The average Bonchev–Trinajstić information content (AvgIpc) is 2.73. The molecule has 1 aliphatic rings. The molecule has 0 radical (unpaired) electrons. The Kier molecular flexibility index (Phi) is 5.28. The van der Waals surface area contributed by atoms with Crippen molar-refractivity contribution >= 4 is 23.6 Å². The molecule has 0 bridgehead atoms. The van der Waals surface area contributed by atoms with Gasteiger partial charge in [-0.05, 0) is 31.2 Å². The van der Waals surface area contributed by atoms with E-state index in [1.165, 1.54) is 11.8 Å². The van der Waals surface area contributed by atoms with Crippen molar-refractivity contribution < 1.29 is 14.7 Å². The van der Waals surface area contributed by atoms with E-state index in [1.54, 1.807) is 12.1 Å². The van der Waals surface area contributed by atoms with E-state index in [1.807, 2.05) is 18.4 Å². The van der Waals surface area contributed by atoms with E-state index in [0.717, 1.165) is 30.6 Å². The van der Waals surface area contributed by atoms with Gasteiger partial charge in [0.05, 0.1) is 5.56 Å². The third-order valence-electron chi connectivity index (χ3n) is 4.07. The minimum atomic E-state index is -1.11. The highest BCUT2D eigenvalue weighted by molar-refractivity contribution is 7.98. The number of rotatable bonds is 4. The lowest BCUT2D eigenvalue weighted by Crippen LogP contribution is -2.54. The summed E-state index contributed by atoms with van der Waals surface area (Å²) >= 11 is 1.49. The number of amides is 1. The van der Waals surface area contributed by atoms with Crippen LogP contribution in [0.15, 0.2) is 29.2 Å². The summed E-state index contributed by atoms with van der Waals surface area (Å²) in [6.07, 6.45) is 6.68. The van der Waals surface area contributed by atoms with Gasteiger partial charge in [0.2, 0.25) is 0 Å². The summed E-state index contributed by atoms with van der Waals surface area (Å²) in [5.74, 6) is -1.20. The van der Waals surface area contributed by atoms with Crippen LogP contribution in [0.4, 0.5) is 0 Å². The van der Waals surface area contributed by atoms with Gasteiger partial charge in [0.1, 0.15) is 5.54 Å². The van der Waals surface area contributed by atoms with Gasteiger partial charge in [0.15, 0.2) is 0 Å². The molecule has 5 heteroatoms. The van der Waals surface area contributed by atoms with E-state index in [4.69, 9.17) is 0 Å². The van der Waals surface area contributed by atoms with Crippen molar-refractivity contribution in [2.75, 3.05) is 6.26 Å². The second-order valence-electron chi connectivity index (χ2n) is 5.46. The molecule has 0 spiro atoms. The van der Waals surface area contributed by atoms with Gasteiger partial charge in [-0.1, -0.05) is 37.8 Å². The molecule has 114 valence electrons. The summed E-state index contributed by atoms with van der Waals surface area (Å²) in [5, 5.41) is 12.4. The summed E-state index contributed by atoms with van der Waals surface area (Å²) in [6, 6.07) is 7.30. The van der Waals surface area contributed by atoms with Gasteiger partial charge in [-0.2, -0.15) is 0 Å². The van der Waals surface area contributed by atoms with Gasteiger partial charge >= 0.3 is 5.97 Å². The molecule has 1 aliphatic carbocycles. The van der Waals surface area contributed by atoms with Crippen LogP contribution in [0.3, 0.4) is 0 Å². The maximum absolute atomic E-state index is 12.5. The van der Waals surface area contributed by atoms with Crippen molar-refractivity contribution in [3.63, 3.8) is 0 Å². The number of hydrogen-bond acceptors (Lipinski definition) is 3. The third kappa shape index (κ3) is 3.59. The maximum Gasteiger partial charge on any atom is 0.329 e. The number of thioether (sulfide) groups is 1. The number of hydrogen-bond donors (Lipinski definition) is 2. The molecule has 1 fully saturated rings. The fourth-order valence-corrected chi connectivity index (χ4v) is 3.44. The molecular weight excluding hydrogens is 286 g/mol. The van der Waals surface area contributed by atoms with Crippen molar-refractivity contribution in [2.24, 2.45) is 0 Å². The molecule has 0 heterocycles. The Morgan fingerprint density at radius 3 is 2.33 bits per heavy atom. The minimum absolute atomic E-state index is 0.288. The topological polar surface area (TPSA) is 66.4 Å². The lowest BCUT2D eigenvalue weighted by Gasteiger charge is -2.29. The van der Waals surface area contributed by atoms with Gasteiger partial charge in [-0.15, -0.1) is 11.8 Å². The quantitative estimate of drug-likeness (QED) is 0.661. The molecule has 1 aromatic carbocycles. The van der Waals surface area contributed by atoms with Crippen LogP contribution in [0.2, 0.25) is 0 Å². The van der Waals surface area contributed by atoms with Crippen molar-refractivity contribution in [3.8, 4) is 0 Å². The Hall–Kier alpha value is -1.49. The molecule has 4 nitrogen and oxygen atoms in total. The number of nitrogens with one attached hydrogen (secondary N) is 1. The molecule has 1 aromatic rings. The van der Waals surface area contributed by atoms with Gasteiger partial charge in [0.25, 0.3) is 5.91 Å². The first kappa shape index (κ1) is 15.9.